The van der Waals surface area contributed by atoms with Crippen molar-refractivity contribution in [3.63, 3.8) is 0 Å². The Morgan fingerprint density at radius 2 is 1.79 bits per heavy atom. The summed E-state index contributed by atoms with van der Waals surface area (Å²) in [5.41, 5.74) is 2.22. The van der Waals surface area contributed by atoms with E-state index in [-0.39, 0.29) is 17.1 Å². The SMILES string of the molecule is CN1C(=O)C(=C(C#N)C(=O)NCc2ccccc2)c2ccccc21. The topological polar surface area (TPSA) is 73.2 Å². The Labute approximate surface area is 139 Å². The lowest BCUT2D eigenvalue weighted by Crippen LogP contribution is -2.27. The highest BCUT2D eigenvalue weighted by Crippen LogP contribution is 2.37. The van der Waals surface area contributed by atoms with Crippen LogP contribution in [0.15, 0.2) is 60.2 Å². The number of carbonyl (C=O) groups is 2. The summed E-state index contributed by atoms with van der Waals surface area (Å²) >= 11 is 0. The molecule has 0 spiro atoms. The first kappa shape index (κ1) is 15.5. The maximum absolute atomic E-state index is 12.5. The Morgan fingerprint density at radius 3 is 2.50 bits per heavy atom. The van der Waals surface area contributed by atoms with Crippen LogP contribution in [0.3, 0.4) is 0 Å². The van der Waals surface area contributed by atoms with Gasteiger partial charge in [0, 0.05) is 19.2 Å². The summed E-state index contributed by atoms with van der Waals surface area (Å²) in [6.07, 6.45) is 0. The molecule has 24 heavy (non-hydrogen) atoms. The van der Waals surface area contributed by atoms with E-state index >= 15 is 0 Å². The Morgan fingerprint density at radius 1 is 1.12 bits per heavy atom. The first-order valence-corrected chi connectivity index (χ1v) is 7.47. The number of fused-ring (bicyclic) bond motifs is 1. The summed E-state index contributed by atoms with van der Waals surface area (Å²) in [5.74, 6) is -0.891. The van der Waals surface area contributed by atoms with Gasteiger partial charge in [0.25, 0.3) is 11.8 Å². The van der Waals surface area contributed by atoms with Gasteiger partial charge in [0.05, 0.1) is 11.3 Å². The van der Waals surface area contributed by atoms with Crippen LogP contribution in [0, 0.1) is 11.3 Å². The minimum Gasteiger partial charge on any atom is -0.347 e. The standard InChI is InChI=1S/C19H15N3O2/c1-22-16-10-6-5-9-14(16)17(19(22)24)15(11-20)18(23)21-12-13-7-3-2-4-8-13/h2-10H,12H2,1H3,(H,21,23). The first-order valence-electron chi connectivity index (χ1n) is 7.47. The van der Waals surface area contributed by atoms with Crippen LogP contribution in [-0.2, 0) is 16.1 Å². The predicted octanol–water partition coefficient (Wildman–Crippen LogP) is 2.26. The van der Waals surface area contributed by atoms with E-state index in [1.807, 2.05) is 42.5 Å². The summed E-state index contributed by atoms with van der Waals surface area (Å²) in [5, 5.41) is 12.1. The maximum Gasteiger partial charge on any atom is 0.263 e. The average molecular weight is 317 g/mol. The lowest BCUT2D eigenvalue weighted by atomic mass is 10.0. The number of nitriles is 1. The summed E-state index contributed by atoms with van der Waals surface area (Å²) in [4.78, 5) is 26.4. The normalized spacial score (nSPS) is 14.8. The van der Waals surface area contributed by atoms with Gasteiger partial charge in [-0.1, -0.05) is 48.5 Å². The zero-order valence-electron chi connectivity index (χ0n) is 13.1. The summed E-state index contributed by atoms with van der Waals surface area (Å²) < 4.78 is 0. The number of amides is 2. The number of carbonyl (C=O) groups excluding carboxylic acids is 2. The molecule has 2 amide bonds. The molecule has 1 aliphatic heterocycles. The second kappa shape index (κ2) is 6.39. The number of rotatable bonds is 3. The first-order chi connectivity index (χ1) is 11.6. The monoisotopic (exact) mass is 317 g/mol. The van der Waals surface area contributed by atoms with Crippen molar-refractivity contribution in [2.45, 2.75) is 6.54 Å². The van der Waals surface area contributed by atoms with Crippen molar-refractivity contribution in [1.82, 2.24) is 5.32 Å². The van der Waals surface area contributed by atoms with Crippen LogP contribution in [-0.4, -0.2) is 18.9 Å². The summed E-state index contributed by atoms with van der Waals surface area (Å²) in [6, 6.07) is 18.4. The lowest BCUT2D eigenvalue weighted by Gasteiger charge is -2.08. The van der Waals surface area contributed by atoms with Crippen LogP contribution >= 0.6 is 0 Å². The molecule has 0 bridgehead atoms. The molecule has 1 heterocycles. The van der Waals surface area contributed by atoms with Gasteiger partial charge in [0.2, 0.25) is 0 Å². The Kier molecular flexibility index (Phi) is 4.13. The fourth-order valence-electron chi connectivity index (χ4n) is 2.70. The molecular weight excluding hydrogens is 302 g/mol. The third-order valence-electron chi connectivity index (χ3n) is 3.94. The molecule has 0 aliphatic carbocycles. The van der Waals surface area contributed by atoms with E-state index in [9.17, 15) is 14.9 Å². The van der Waals surface area contributed by atoms with Crippen molar-refractivity contribution >= 4 is 23.1 Å². The van der Waals surface area contributed by atoms with Crippen LogP contribution in [0.25, 0.3) is 5.57 Å². The van der Waals surface area contributed by atoms with E-state index in [1.54, 1.807) is 25.2 Å². The molecule has 0 atom stereocenters. The second-order valence-corrected chi connectivity index (χ2v) is 5.41. The Bertz CT molecular complexity index is 879. The molecule has 0 saturated heterocycles. The van der Waals surface area contributed by atoms with E-state index in [4.69, 9.17) is 0 Å². The van der Waals surface area contributed by atoms with Crippen LogP contribution in [0.1, 0.15) is 11.1 Å². The number of nitrogens with zero attached hydrogens (tertiary/aromatic N) is 2. The van der Waals surface area contributed by atoms with Gasteiger partial charge in [0.1, 0.15) is 11.6 Å². The van der Waals surface area contributed by atoms with Gasteiger partial charge in [-0.3, -0.25) is 9.59 Å². The largest absolute Gasteiger partial charge is 0.347 e. The van der Waals surface area contributed by atoms with Crippen LogP contribution in [0.5, 0.6) is 0 Å². The molecule has 3 rings (SSSR count). The number of benzene rings is 2. The summed E-state index contributed by atoms with van der Waals surface area (Å²) in [6.45, 7) is 0.295. The molecule has 5 nitrogen and oxygen atoms in total. The van der Waals surface area contributed by atoms with Gasteiger partial charge >= 0.3 is 0 Å². The van der Waals surface area contributed by atoms with Gasteiger partial charge in [-0.15, -0.1) is 0 Å². The highest BCUT2D eigenvalue weighted by Gasteiger charge is 2.34. The van der Waals surface area contributed by atoms with Crippen molar-refractivity contribution in [2.75, 3.05) is 11.9 Å². The molecule has 2 aromatic rings. The van der Waals surface area contributed by atoms with Crippen molar-refractivity contribution < 1.29 is 9.59 Å². The minimum absolute atomic E-state index is 0.154. The molecule has 1 N–H and O–H groups in total. The van der Waals surface area contributed by atoms with Crippen molar-refractivity contribution in [2.24, 2.45) is 0 Å². The molecule has 1 aliphatic rings. The molecule has 118 valence electrons. The van der Waals surface area contributed by atoms with Gasteiger partial charge in [-0.05, 0) is 11.6 Å². The number of hydrogen-bond donors (Lipinski definition) is 1. The maximum atomic E-state index is 12.5. The molecule has 0 fully saturated rings. The van der Waals surface area contributed by atoms with Gasteiger partial charge in [0.15, 0.2) is 0 Å². The molecule has 0 unspecified atom stereocenters. The predicted molar refractivity (Wildman–Crippen MR) is 90.7 cm³/mol. The number of anilines is 1. The van der Waals surface area contributed by atoms with Crippen molar-refractivity contribution in [3.8, 4) is 6.07 Å². The van der Waals surface area contributed by atoms with E-state index in [1.165, 1.54) is 4.90 Å². The fourth-order valence-corrected chi connectivity index (χ4v) is 2.70. The van der Waals surface area contributed by atoms with Gasteiger partial charge in [-0.2, -0.15) is 5.26 Å². The zero-order chi connectivity index (χ0) is 17.1. The molecule has 0 radical (unpaired) electrons. The quantitative estimate of drug-likeness (QED) is 0.697. The number of likely N-dealkylation sites (N-methyl/N-ethyl adjacent to an activating group) is 1. The smallest absolute Gasteiger partial charge is 0.263 e. The third kappa shape index (κ3) is 2.66. The second-order valence-electron chi connectivity index (χ2n) is 5.41. The molecule has 0 aromatic heterocycles. The van der Waals surface area contributed by atoms with Gasteiger partial charge in [-0.25, -0.2) is 0 Å². The van der Waals surface area contributed by atoms with Crippen LogP contribution in [0.4, 0.5) is 5.69 Å². The van der Waals surface area contributed by atoms with Crippen molar-refractivity contribution in [3.05, 3.63) is 71.3 Å². The number of hydrogen-bond acceptors (Lipinski definition) is 3. The fraction of sp³-hybridized carbons (Fsp3) is 0.105. The molecule has 0 saturated carbocycles. The van der Waals surface area contributed by atoms with Crippen molar-refractivity contribution in [1.29, 1.82) is 5.26 Å². The Hall–Kier alpha value is -3.39. The molecule has 2 aromatic carbocycles. The zero-order valence-corrected chi connectivity index (χ0v) is 13.1. The summed E-state index contributed by atoms with van der Waals surface area (Å²) in [7, 11) is 1.63. The van der Waals surface area contributed by atoms with E-state index in [0.29, 0.717) is 17.8 Å². The number of para-hydroxylation sites is 1. The highest BCUT2D eigenvalue weighted by molar-refractivity contribution is 6.36. The van der Waals surface area contributed by atoms with Crippen LogP contribution in [0.2, 0.25) is 0 Å². The third-order valence-corrected chi connectivity index (χ3v) is 3.94. The molecular formula is C19H15N3O2. The van der Waals surface area contributed by atoms with Crippen LogP contribution < -0.4 is 10.2 Å². The van der Waals surface area contributed by atoms with E-state index in [0.717, 1.165) is 5.56 Å². The minimum atomic E-state index is -0.546. The average Bonchev–Trinajstić information content (AvgIpc) is 2.87. The lowest BCUT2D eigenvalue weighted by molar-refractivity contribution is -0.118. The Balaban J connectivity index is 1.93. The van der Waals surface area contributed by atoms with E-state index < -0.39 is 5.91 Å². The van der Waals surface area contributed by atoms with E-state index in [2.05, 4.69) is 5.32 Å². The molecule has 5 heteroatoms. The van der Waals surface area contributed by atoms with Gasteiger partial charge < -0.3 is 10.2 Å². The number of nitrogens with one attached hydrogen (secondary N) is 1. The highest BCUT2D eigenvalue weighted by atomic mass is 16.2.